The third-order valence-corrected chi connectivity index (χ3v) is 4.98. The van der Waals surface area contributed by atoms with Crippen molar-refractivity contribution in [3.8, 4) is 22.5 Å². The van der Waals surface area contributed by atoms with E-state index in [2.05, 4.69) is 68.2 Å². The molecule has 0 radical (unpaired) electrons. The molecule has 31 heavy (non-hydrogen) atoms. The van der Waals surface area contributed by atoms with Crippen molar-refractivity contribution in [2.24, 2.45) is 0 Å². The zero-order chi connectivity index (χ0) is 21.5. The number of hydrogen-bond acceptors (Lipinski definition) is 5. The Kier molecular flexibility index (Phi) is 6.42. The molecule has 0 aliphatic carbocycles. The smallest absolute Gasteiger partial charge is 0.205 e. The molecule has 7 nitrogen and oxygen atoms in total. The largest absolute Gasteiger partial charge is 0.246 e. The fraction of sp³-hybridized carbons (Fsp3) is 0.208. The molecule has 156 valence electrons. The number of nitrogens with zero attached hydrogens (tertiary/aromatic N) is 6. The molecule has 0 fully saturated rings. The van der Waals surface area contributed by atoms with E-state index >= 15 is 0 Å². The second-order valence-corrected chi connectivity index (χ2v) is 7.12. The third kappa shape index (κ3) is 4.83. The Labute approximate surface area is 181 Å². The minimum absolute atomic E-state index is 0.588. The summed E-state index contributed by atoms with van der Waals surface area (Å²) >= 11 is 0. The van der Waals surface area contributed by atoms with Crippen LogP contribution in [0.25, 0.3) is 22.5 Å². The summed E-state index contributed by atoms with van der Waals surface area (Å²) in [4.78, 5) is 4.76. The van der Waals surface area contributed by atoms with Gasteiger partial charge in [-0.2, -0.15) is 10.3 Å². The van der Waals surface area contributed by atoms with Gasteiger partial charge >= 0.3 is 0 Å². The van der Waals surface area contributed by atoms with Crippen LogP contribution < -0.4 is 0 Å². The van der Waals surface area contributed by atoms with E-state index in [-0.39, 0.29) is 0 Å². The Bertz CT molecular complexity index is 1170. The second-order valence-electron chi connectivity index (χ2n) is 7.12. The summed E-state index contributed by atoms with van der Waals surface area (Å²) in [5.74, 6) is 2.41. The van der Waals surface area contributed by atoms with E-state index in [0.717, 1.165) is 47.7 Å². The summed E-state index contributed by atoms with van der Waals surface area (Å²) in [5, 5.41) is 19.1. The molecule has 0 aliphatic heterocycles. The predicted molar refractivity (Wildman–Crippen MR) is 121 cm³/mol. The molecule has 0 amide bonds. The number of allylic oxidation sites excluding steroid dienone is 4. The number of rotatable bonds is 8. The van der Waals surface area contributed by atoms with Crippen LogP contribution in [0.5, 0.6) is 0 Å². The minimum Gasteiger partial charge on any atom is -0.246 e. The first-order chi connectivity index (χ1) is 15.3. The molecule has 2 aromatic carbocycles. The van der Waals surface area contributed by atoms with Gasteiger partial charge in [-0.1, -0.05) is 72.8 Å². The first-order valence-electron chi connectivity index (χ1n) is 10.4. The number of H-pyrrole nitrogens is 1. The van der Waals surface area contributed by atoms with Crippen LogP contribution in [0.2, 0.25) is 0 Å². The Hall–Kier alpha value is -3.87. The lowest BCUT2D eigenvalue weighted by Gasteiger charge is -2.08. The third-order valence-electron chi connectivity index (χ3n) is 4.98. The first-order valence-corrected chi connectivity index (χ1v) is 10.4. The van der Waals surface area contributed by atoms with E-state index in [4.69, 9.17) is 4.98 Å². The van der Waals surface area contributed by atoms with Crippen LogP contribution in [0.3, 0.4) is 0 Å². The van der Waals surface area contributed by atoms with Crippen LogP contribution in [-0.2, 0) is 19.4 Å². The second kappa shape index (κ2) is 9.75. The van der Waals surface area contributed by atoms with E-state index in [1.54, 1.807) is 0 Å². The molecular weight excluding hydrogens is 386 g/mol. The van der Waals surface area contributed by atoms with Gasteiger partial charge in [0, 0.05) is 18.4 Å². The highest BCUT2D eigenvalue weighted by atomic mass is 15.5. The average molecular weight is 412 g/mol. The Morgan fingerprint density at radius 1 is 0.935 bits per heavy atom. The standard InChI is InChI=1S/C24H25N7/c1-3-5-11-22-25-23(31(28-22)16-6-4-2)17-18-12-14-19(15-13-18)20-9-7-8-10-21(20)24-26-29-30-27-24/h3-10,12-15H,11,16-17H2,1-2H3,(H,26,27,29,30). The summed E-state index contributed by atoms with van der Waals surface area (Å²) in [7, 11) is 0. The van der Waals surface area contributed by atoms with Gasteiger partial charge in [-0.05, 0) is 35.8 Å². The van der Waals surface area contributed by atoms with Crippen molar-refractivity contribution < 1.29 is 0 Å². The highest BCUT2D eigenvalue weighted by Gasteiger charge is 2.12. The lowest BCUT2D eigenvalue weighted by atomic mass is 9.98. The summed E-state index contributed by atoms with van der Waals surface area (Å²) in [6.07, 6.45) is 9.71. The normalized spacial score (nSPS) is 11.7. The van der Waals surface area contributed by atoms with Crippen LogP contribution in [0.4, 0.5) is 0 Å². The Balaban J connectivity index is 1.58. The average Bonchev–Trinajstić information content (AvgIpc) is 3.47. The summed E-state index contributed by atoms with van der Waals surface area (Å²) in [6, 6.07) is 16.6. The van der Waals surface area contributed by atoms with Crippen molar-refractivity contribution in [2.75, 3.05) is 0 Å². The van der Waals surface area contributed by atoms with E-state index in [9.17, 15) is 0 Å². The highest BCUT2D eigenvalue weighted by molar-refractivity contribution is 5.80. The van der Waals surface area contributed by atoms with Gasteiger partial charge < -0.3 is 0 Å². The van der Waals surface area contributed by atoms with Crippen molar-refractivity contribution >= 4 is 0 Å². The zero-order valence-electron chi connectivity index (χ0n) is 17.7. The zero-order valence-corrected chi connectivity index (χ0v) is 17.7. The summed E-state index contributed by atoms with van der Waals surface area (Å²) in [6.45, 7) is 4.75. The lowest BCUT2D eigenvalue weighted by Crippen LogP contribution is -2.05. The van der Waals surface area contributed by atoms with Gasteiger partial charge in [0.05, 0.1) is 6.54 Å². The number of nitrogens with one attached hydrogen (secondary N) is 1. The maximum absolute atomic E-state index is 4.76. The monoisotopic (exact) mass is 411 g/mol. The van der Waals surface area contributed by atoms with Gasteiger partial charge in [0.15, 0.2) is 5.82 Å². The molecule has 0 saturated heterocycles. The van der Waals surface area contributed by atoms with Crippen LogP contribution in [-0.4, -0.2) is 35.4 Å². The Morgan fingerprint density at radius 2 is 1.71 bits per heavy atom. The van der Waals surface area contributed by atoms with E-state index in [1.807, 2.05) is 48.9 Å². The van der Waals surface area contributed by atoms with Crippen LogP contribution in [0.1, 0.15) is 31.1 Å². The molecule has 4 rings (SSSR count). The molecule has 0 atom stereocenters. The van der Waals surface area contributed by atoms with Crippen molar-refractivity contribution in [1.82, 2.24) is 35.4 Å². The first kappa shape index (κ1) is 20.4. The van der Waals surface area contributed by atoms with Crippen LogP contribution in [0.15, 0.2) is 72.8 Å². The van der Waals surface area contributed by atoms with Crippen molar-refractivity contribution in [3.63, 3.8) is 0 Å². The van der Waals surface area contributed by atoms with E-state index in [1.165, 1.54) is 5.56 Å². The van der Waals surface area contributed by atoms with E-state index in [0.29, 0.717) is 5.82 Å². The molecule has 0 bridgehead atoms. The molecule has 1 N–H and O–H groups in total. The van der Waals surface area contributed by atoms with Crippen molar-refractivity contribution in [2.45, 2.75) is 33.2 Å². The maximum atomic E-state index is 4.76. The fourth-order valence-corrected chi connectivity index (χ4v) is 3.41. The predicted octanol–water partition coefficient (Wildman–Crippen LogP) is 4.41. The van der Waals surface area contributed by atoms with E-state index < -0.39 is 0 Å². The molecular formula is C24H25N7. The molecule has 0 saturated carbocycles. The van der Waals surface area contributed by atoms with Gasteiger partial charge in [0.1, 0.15) is 5.82 Å². The molecule has 2 aromatic heterocycles. The topological polar surface area (TPSA) is 85.2 Å². The number of benzene rings is 2. The maximum Gasteiger partial charge on any atom is 0.205 e. The number of tetrazole rings is 1. The SMILES string of the molecule is CC=CCc1nc(Cc2ccc(-c3ccccc3-c3nn[nH]n3)cc2)n(CC=CC)n1. The van der Waals surface area contributed by atoms with Crippen molar-refractivity contribution in [1.29, 1.82) is 0 Å². The van der Waals surface area contributed by atoms with Crippen molar-refractivity contribution in [3.05, 3.63) is 90.0 Å². The molecule has 0 spiro atoms. The van der Waals surface area contributed by atoms with Gasteiger partial charge in [-0.3, -0.25) is 0 Å². The molecule has 0 unspecified atom stereocenters. The van der Waals surface area contributed by atoms with Gasteiger partial charge in [0.2, 0.25) is 5.82 Å². The quantitative estimate of drug-likeness (QED) is 0.434. The minimum atomic E-state index is 0.588. The molecule has 0 aliphatic rings. The van der Waals surface area contributed by atoms with Gasteiger partial charge in [-0.25, -0.2) is 9.67 Å². The molecule has 2 heterocycles. The fourth-order valence-electron chi connectivity index (χ4n) is 3.41. The van der Waals surface area contributed by atoms with Crippen LogP contribution >= 0.6 is 0 Å². The molecule has 4 aromatic rings. The lowest BCUT2D eigenvalue weighted by molar-refractivity contribution is 0.654. The Morgan fingerprint density at radius 3 is 2.42 bits per heavy atom. The number of hydrogen-bond donors (Lipinski definition) is 1. The summed E-state index contributed by atoms with van der Waals surface area (Å²) < 4.78 is 1.98. The van der Waals surface area contributed by atoms with Gasteiger partial charge in [-0.15, -0.1) is 10.2 Å². The number of aromatic nitrogens is 7. The molecule has 7 heteroatoms. The van der Waals surface area contributed by atoms with Gasteiger partial charge in [0.25, 0.3) is 0 Å². The summed E-state index contributed by atoms with van der Waals surface area (Å²) in [5.41, 5.74) is 4.31. The van der Waals surface area contributed by atoms with Crippen LogP contribution in [0, 0.1) is 0 Å². The number of aromatic amines is 1. The highest BCUT2D eigenvalue weighted by Crippen LogP contribution is 2.29.